The van der Waals surface area contributed by atoms with Gasteiger partial charge in [0.05, 0.1) is 172 Å². The van der Waals surface area contributed by atoms with Crippen LogP contribution in [0.25, 0.3) is 10.4 Å². The van der Waals surface area contributed by atoms with Gasteiger partial charge in [0.15, 0.2) is 0 Å². The molecule has 0 fully saturated rings. The first-order valence-corrected chi connectivity index (χ1v) is 17.0. The Balaban J connectivity index is 1.61. The SMILES string of the molecule is [N-]=[N+]=NCCOCCOCCOCCOCCOCCOCCOCCOCCOCCOCCOCCOCCOCc1ccccc1. The molecule has 0 aromatic heterocycles. The van der Waals surface area contributed by atoms with E-state index in [4.69, 9.17) is 67.1 Å². The molecule has 284 valence electrons. The van der Waals surface area contributed by atoms with Crippen LogP contribution in [0.1, 0.15) is 5.56 Å². The van der Waals surface area contributed by atoms with Crippen LogP contribution in [0.3, 0.4) is 0 Å². The third-order valence-corrected chi connectivity index (χ3v) is 5.97. The maximum absolute atomic E-state index is 8.14. The number of nitrogens with zero attached hydrogens (tertiary/aromatic N) is 3. The van der Waals surface area contributed by atoms with Gasteiger partial charge in [0.2, 0.25) is 0 Å². The van der Waals surface area contributed by atoms with Gasteiger partial charge in [-0.2, -0.15) is 0 Å². The summed E-state index contributed by atoms with van der Waals surface area (Å²) in [6, 6.07) is 10.1. The van der Waals surface area contributed by atoms with Crippen molar-refractivity contribution in [3.05, 3.63) is 46.3 Å². The van der Waals surface area contributed by atoms with Crippen LogP contribution in [-0.4, -0.2) is 172 Å². The molecule has 0 aliphatic heterocycles. The predicted molar refractivity (Wildman–Crippen MR) is 180 cm³/mol. The van der Waals surface area contributed by atoms with E-state index in [1.807, 2.05) is 30.3 Å². The lowest BCUT2D eigenvalue weighted by Gasteiger charge is -2.09. The number of benzene rings is 1. The molecule has 0 spiro atoms. The average Bonchev–Trinajstić information content (AvgIpc) is 3.12. The summed E-state index contributed by atoms with van der Waals surface area (Å²) >= 11 is 0. The Hall–Kier alpha value is -1.99. The highest BCUT2D eigenvalue weighted by molar-refractivity contribution is 5.13. The summed E-state index contributed by atoms with van der Waals surface area (Å²) in [4.78, 5) is 2.65. The predicted octanol–water partition coefficient (Wildman–Crippen LogP) is 2.71. The van der Waals surface area contributed by atoms with Crippen molar-refractivity contribution in [1.29, 1.82) is 0 Å². The first kappa shape index (κ1) is 45.0. The summed E-state index contributed by atoms with van der Waals surface area (Å²) < 4.78 is 70.9. The van der Waals surface area contributed by atoms with E-state index >= 15 is 0 Å². The molecule has 1 rings (SSSR count). The normalized spacial score (nSPS) is 11.3. The van der Waals surface area contributed by atoms with E-state index in [2.05, 4.69) is 10.0 Å². The van der Waals surface area contributed by atoms with Crippen LogP contribution in [0.15, 0.2) is 35.4 Å². The zero-order chi connectivity index (χ0) is 34.8. The molecule has 0 saturated carbocycles. The number of hydrogen-bond donors (Lipinski definition) is 0. The Labute approximate surface area is 291 Å². The summed E-state index contributed by atoms with van der Waals surface area (Å²) in [6.07, 6.45) is 0. The molecule has 0 atom stereocenters. The number of azide groups is 1. The number of ether oxygens (including phenoxy) is 13. The molecule has 0 aliphatic rings. The highest BCUT2D eigenvalue weighted by atomic mass is 16.6. The van der Waals surface area contributed by atoms with Crippen LogP contribution in [0.2, 0.25) is 0 Å². The van der Waals surface area contributed by atoms with Crippen molar-refractivity contribution in [3.8, 4) is 0 Å². The maximum atomic E-state index is 8.14. The van der Waals surface area contributed by atoms with E-state index in [-0.39, 0.29) is 0 Å². The van der Waals surface area contributed by atoms with Gasteiger partial charge in [-0.1, -0.05) is 35.4 Å². The zero-order valence-electron chi connectivity index (χ0n) is 29.1. The minimum absolute atomic E-state index is 0.327. The van der Waals surface area contributed by atoms with E-state index in [1.165, 1.54) is 0 Å². The van der Waals surface area contributed by atoms with Crippen LogP contribution >= 0.6 is 0 Å². The number of rotatable bonds is 41. The molecule has 0 saturated heterocycles. The number of hydrogen-bond acceptors (Lipinski definition) is 14. The Morgan fingerprint density at radius 1 is 0.347 bits per heavy atom. The van der Waals surface area contributed by atoms with Gasteiger partial charge in [-0.05, 0) is 11.1 Å². The molecule has 16 heteroatoms. The molecule has 0 bridgehead atoms. The van der Waals surface area contributed by atoms with Crippen LogP contribution in [0.4, 0.5) is 0 Å². The maximum Gasteiger partial charge on any atom is 0.0718 e. The fraction of sp³-hybridized carbons (Fsp3) is 0.818. The van der Waals surface area contributed by atoms with E-state index in [0.29, 0.717) is 178 Å². The Bertz CT molecular complexity index is 826. The van der Waals surface area contributed by atoms with E-state index in [9.17, 15) is 0 Å². The van der Waals surface area contributed by atoms with Gasteiger partial charge >= 0.3 is 0 Å². The lowest BCUT2D eigenvalue weighted by atomic mass is 10.2. The Morgan fingerprint density at radius 3 is 0.857 bits per heavy atom. The van der Waals surface area contributed by atoms with Gasteiger partial charge < -0.3 is 61.6 Å². The van der Waals surface area contributed by atoms with Crippen molar-refractivity contribution in [2.45, 2.75) is 6.61 Å². The fourth-order valence-corrected chi connectivity index (χ4v) is 3.55. The molecule has 0 unspecified atom stereocenters. The van der Waals surface area contributed by atoms with Gasteiger partial charge in [0.1, 0.15) is 0 Å². The standard InChI is InChI=1S/C33H59N3O13/c34-36-35-6-7-37-8-9-38-10-11-39-12-13-40-14-15-41-16-17-42-18-19-43-20-21-44-22-23-45-24-25-46-26-27-47-28-29-48-30-31-49-32-33-4-2-1-3-5-33/h1-5H,6-32H2. The second-order valence-corrected chi connectivity index (χ2v) is 9.84. The second-order valence-electron chi connectivity index (χ2n) is 9.84. The third-order valence-electron chi connectivity index (χ3n) is 5.97. The van der Waals surface area contributed by atoms with Crippen molar-refractivity contribution in [2.24, 2.45) is 5.11 Å². The van der Waals surface area contributed by atoms with E-state index in [1.54, 1.807) is 0 Å². The van der Waals surface area contributed by atoms with Crippen molar-refractivity contribution in [2.75, 3.05) is 172 Å². The minimum atomic E-state index is 0.327. The molecule has 0 amide bonds. The lowest BCUT2D eigenvalue weighted by Crippen LogP contribution is -2.15. The highest BCUT2D eigenvalue weighted by Gasteiger charge is 1.97. The summed E-state index contributed by atoms with van der Waals surface area (Å²) in [5.41, 5.74) is 9.30. The molecular weight excluding hydrogens is 646 g/mol. The van der Waals surface area contributed by atoms with Gasteiger partial charge in [-0.3, -0.25) is 0 Å². The van der Waals surface area contributed by atoms with Crippen molar-refractivity contribution < 1.29 is 61.6 Å². The van der Waals surface area contributed by atoms with Gasteiger partial charge in [-0.25, -0.2) is 0 Å². The van der Waals surface area contributed by atoms with E-state index in [0.717, 1.165) is 5.56 Å². The molecule has 16 nitrogen and oxygen atoms in total. The first-order valence-electron chi connectivity index (χ1n) is 17.0. The van der Waals surface area contributed by atoms with E-state index < -0.39 is 0 Å². The largest absolute Gasteiger partial charge is 0.379 e. The molecule has 0 aliphatic carbocycles. The van der Waals surface area contributed by atoms with Crippen molar-refractivity contribution in [1.82, 2.24) is 0 Å². The molecule has 1 aromatic rings. The highest BCUT2D eigenvalue weighted by Crippen LogP contribution is 2.00. The summed E-state index contributed by atoms with van der Waals surface area (Å²) in [5, 5.41) is 3.37. The van der Waals surface area contributed by atoms with Gasteiger partial charge in [-0.15, -0.1) is 0 Å². The van der Waals surface area contributed by atoms with Crippen LogP contribution < -0.4 is 0 Å². The van der Waals surface area contributed by atoms with Crippen molar-refractivity contribution >= 4 is 0 Å². The Morgan fingerprint density at radius 2 is 0.592 bits per heavy atom. The Kier molecular flexibility index (Phi) is 37.2. The molecule has 0 N–H and O–H groups in total. The lowest BCUT2D eigenvalue weighted by molar-refractivity contribution is -0.0291. The molecule has 0 radical (unpaired) electrons. The summed E-state index contributed by atoms with van der Waals surface area (Å²) in [6.45, 7) is 13.4. The summed E-state index contributed by atoms with van der Waals surface area (Å²) in [7, 11) is 0. The average molecular weight is 706 g/mol. The molecule has 49 heavy (non-hydrogen) atoms. The summed E-state index contributed by atoms with van der Waals surface area (Å²) in [5.74, 6) is 0. The molecule has 0 heterocycles. The molecular formula is C33H59N3O13. The smallest absolute Gasteiger partial charge is 0.0718 e. The van der Waals surface area contributed by atoms with Crippen LogP contribution in [-0.2, 0) is 68.2 Å². The van der Waals surface area contributed by atoms with Crippen LogP contribution in [0.5, 0.6) is 0 Å². The quantitative estimate of drug-likeness (QED) is 0.0422. The monoisotopic (exact) mass is 705 g/mol. The first-order chi connectivity index (χ1) is 24.4. The molecule has 1 aromatic carbocycles. The van der Waals surface area contributed by atoms with Gasteiger partial charge in [0, 0.05) is 11.5 Å². The zero-order valence-corrected chi connectivity index (χ0v) is 29.1. The van der Waals surface area contributed by atoms with Crippen LogP contribution in [0, 0.1) is 0 Å². The topological polar surface area (TPSA) is 169 Å². The third kappa shape index (κ3) is 37.1. The van der Waals surface area contributed by atoms with Gasteiger partial charge in [0.25, 0.3) is 0 Å². The fourth-order valence-electron chi connectivity index (χ4n) is 3.55. The van der Waals surface area contributed by atoms with Crippen molar-refractivity contribution in [3.63, 3.8) is 0 Å². The minimum Gasteiger partial charge on any atom is -0.379 e. The second kappa shape index (κ2) is 40.4.